The lowest BCUT2D eigenvalue weighted by Gasteiger charge is -2.06. The molecule has 0 aliphatic carbocycles. The van der Waals surface area contributed by atoms with Gasteiger partial charge >= 0.3 is 0 Å². The fourth-order valence-corrected chi connectivity index (χ4v) is 3.56. The monoisotopic (exact) mass is 291 g/mol. The Morgan fingerprint density at radius 2 is 2.16 bits per heavy atom. The van der Waals surface area contributed by atoms with Crippen LogP contribution in [0.15, 0.2) is 46.0 Å². The van der Waals surface area contributed by atoms with Crippen molar-refractivity contribution in [2.75, 3.05) is 12.3 Å². The van der Waals surface area contributed by atoms with E-state index in [2.05, 4.69) is 53.3 Å². The van der Waals surface area contributed by atoms with E-state index in [1.54, 1.807) is 11.3 Å². The fourth-order valence-electron chi connectivity index (χ4n) is 1.88. The van der Waals surface area contributed by atoms with Crippen LogP contribution in [-0.2, 0) is 13.0 Å². The standard InChI is InChI=1S/C16H21NS2/c1-2-8-17-12-15-4-3-5-16(11-15)19-10-7-14-6-9-18-13-14/h3-6,9,11,13,17H,2,7-8,10,12H2,1H3. The minimum absolute atomic E-state index is 0.979. The van der Waals surface area contributed by atoms with Crippen LogP contribution in [-0.4, -0.2) is 12.3 Å². The summed E-state index contributed by atoms with van der Waals surface area (Å²) < 4.78 is 0. The highest BCUT2D eigenvalue weighted by atomic mass is 32.2. The second-order valence-electron chi connectivity index (χ2n) is 4.55. The average molecular weight is 291 g/mol. The Morgan fingerprint density at radius 3 is 2.95 bits per heavy atom. The maximum absolute atomic E-state index is 3.45. The molecule has 1 nitrogen and oxygen atoms in total. The lowest BCUT2D eigenvalue weighted by Crippen LogP contribution is -2.13. The van der Waals surface area contributed by atoms with Crippen LogP contribution < -0.4 is 5.32 Å². The molecule has 1 aromatic heterocycles. The van der Waals surface area contributed by atoms with Crippen LogP contribution in [0, 0.1) is 0 Å². The molecule has 1 N–H and O–H groups in total. The molecule has 3 heteroatoms. The minimum Gasteiger partial charge on any atom is -0.313 e. The van der Waals surface area contributed by atoms with Crippen molar-refractivity contribution in [3.63, 3.8) is 0 Å². The van der Waals surface area contributed by atoms with Crippen molar-refractivity contribution in [2.24, 2.45) is 0 Å². The molecule has 0 radical (unpaired) electrons. The summed E-state index contributed by atoms with van der Waals surface area (Å²) in [5.74, 6) is 1.16. The molecule has 0 saturated heterocycles. The Balaban J connectivity index is 1.78. The van der Waals surface area contributed by atoms with Crippen molar-refractivity contribution in [3.8, 4) is 0 Å². The molecule has 0 amide bonds. The van der Waals surface area contributed by atoms with Gasteiger partial charge in [0.05, 0.1) is 0 Å². The number of thioether (sulfide) groups is 1. The number of hydrogen-bond acceptors (Lipinski definition) is 3. The van der Waals surface area contributed by atoms with Crippen molar-refractivity contribution >= 4 is 23.1 Å². The first-order valence-corrected chi connectivity index (χ1v) is 8.75. The molecule has 102 valence electrons. The van der Waals surface area contributed by atoms with Crippen molar-refractivity contribution in [1.82, 2.24) is 5.32 Å². The van der Waals surface area contributed by atoms with Gasteiger partial charge in [-0.25, -0.2) is 0 Å². The molecule has 0 saturated carbocycles. The lowest BCUT2D eigenvalue weighted by molar-refractivity contribution is 0.674. The number of aryl methyl sites for hydroxylation is 1. The molecule has 1 aromatic carbocycles. The van der Waals surface area contributed by atoms with Gasteiger partial charge in [-0.05, 0) is 59.5 Å². The van der Waals surface area contributed by atoms with Gasteiger partial charge in [0.1, 0.15) is 0 Å². The van der Waals surface area contributed by atoms with Crippen LogP contribution in [0.3, 0.4) is 0 Å². The summed E-state index contributed by atoms with van der Waals surface area (Å²) in [4.78, 5) is 1.38. The highest BCUT2D eigenvalue weighted by Gasteiger charge is 1.98. The number of hydrogen-bond donors (Lipinski definition) is 1. The Kier molecular flexibility index (Phi) is 6.48. The van der Waals surface area contributed by atoms with E-state index in [1.807, 2.05) is 11.8 Å². The van der Waals surface area contributed by atoms with E-state index in [1.165, 1.54) is 22.4 Å². The van der Waals surface area contributed by atoms with E-state index >= 15 is 0 Å². The lowest BCUT2D eigenvalue weighted by atomic mass is 10.2. The van der Waals surface area contributed by atoms with Gasteiger partial charge in [-0.15, -0.1) is 11.8 Å². The van der Waals surface area contributed by atoms with E-state index in [0.717, 1.165) is 25.3 Å². The van der Waals surface area contributed by atoms with E-state index in [0.29, 0.717) is 0 Å². The van der Waals surface area contributed by atoms with Gasteiger partial charge < -0.3 is 5.32 Å². The smallest absolute Gasteiger partial charge is 0.0205 e. The Morgan fingerprint density at radius 1 is 1.21 bits per heavy atom. The Labute approximate surface area is 124 Å². The van der Waals surface area contributed by atoms with E-state index < -0.39 is 0 Å². The first kappa shape index (κ1) is 14.6. The van der Waals surface area contributed by atoms with E-state index in [-0.39, 0.29) is 0 Å². The van der Waals surface area contributed by atoms with Crippen LogP contribution in [0.5, 0.6) is 0 Å². The first-order valence-electron chi connectivity index (χ1n) is 6.82. The third-order valence-electron chi connectivity index (χ3n) is 2.89. The first-order chi connectivity index (χ1) is 9.38. The minimum atomic E-state index is 0.979. The van der Waals surface area contributed by atoms with E-state index in [9.17, 15) is 0 Å². The highest BCUT2D eigenvalue weighted by Crippen LogP contribution is 2.21. The largest absolute Gasteiger partial charge is 0.313 e. The maximum atomic E-state index is 3.45. The van der Waals surface area contributed by atoms with Gasteiger partial charge in [-0.2, -0.15) is 11.3 Å². The van der Waals surface area contributed by atoms with Gasteiger partial charge in [0.2, 0.25) is 0 Å². The topological polar surface area (TPSA) is 12.0 Å². The molecule has 0 atom stereocenters. The predicted molar refractivity (Wildman–Crippen MR) is 87.2 cm³/mol. The Hall–Kier alpha value is -0.770. The fraction of sp³-hybridized carbons (Fsp3) is 0.375. The summed E-state index contributed by atoms with van der Waals surface area (Å²) in [6, 6.07) is 11.1. The van der Waals surface area contributed by atoms with Crippen molar-refractivity contribution in [2.45, 2.75) is 31.2 Å². The molecule has 2 aromatic rings. The molecule has 0 fully saturated rings. The van der Waals surface area contributed by atoms with Crippen LogP contribution in [0.2, 0.25) is 0 Å². The van der Waals surface area contributed by atoms with Gasteiger partial charge in [-0.3, -0.25) is 0 Å². The molecule has 0 spiro atoms. The number of nitrogens with one attached hydrogen (secondary N) is 1. The van der Waals surface area contributed by atoms with Crippen molar-refractivity contribution in [1.29, 1.82) is 0 Å². The van der Waals surface area contributed by atoms with Gasteiger partial charge in [0, 0.05) is 17.2 Å². The summed E-state index contributed by atoms with van der Waals surface area (Å²) in [6.45, 7) is 4.27. The summed E-state index contributed by atoms with van der Waals surface area (Å²) in [7, 11) is 0. The molecular formula is C16H21NS2. The molecule has 19 heavy (non-hydrogen) atoms. The van der Waals surface area contributed by atoms with Gasteiger partial charge in [0.25, 0.3) is 0 Å². The maximum Gasteiger partial charge on any atom is 0.0205 e. The normalized spacial score (nSPS) is 10.8. The van der Waals surface area contributed by atoms with Crippen LogP contribution in [0.1, 0.15) is 24.5 Å². The highest BCUT2D eigenvalue weighted by molar-refractivity contribution is 7.99. The zero-order valence-corrected chi connectivity index (χ0v) is 13.0. The zero-order chi connectivity index (χ0) is 13.3. The third kappa shape index (κ3) is 5.39. The molecule has 0 unspecified atom stereocenters. The van der Waals surface area contributed by atoms with Gasteiger partial charge in [-0.1, -0.05) is 19.1 Å². The molecule has 2 rings (SSSR count). The van der Waals surface area contributed by atoms with Crippen LogP contribution in [0.4, 0.5) is 0 Å². The Bertz CT molecular complexity index is 465. The molecule has 0 aliphatic heterocycles. The molecule has 0 aliphatic rings. The quantitative estimate of drug-likeness (QED) is 0.564. The van der Waals surface area contributed by atoms with Crippen molar-refractivity contribution in [3.05, 3.63) is 52.2 Å². The summed E-state index contributed by atoms with van der Waals surface area (Å²) in [5, 5.41) is 7.84. The number of thiophene rings is 1. The van der Waals surface area contributed by atoms with Crippen molar-refractivity contribution < 1.29 is 0 Å². The third-order valence-corrected chi connectivity index (χ3v) is 4.62. The zero-order valence-electron chi connectivity index (χ0n) is 11.4. The molecule has 1 heterocycles. The summed E-state index contributed by atoms with van der Waals surface area (Å²) in [6.07, 6.45) is 2.35. The predicted octanol–water partition coefficient (Wildman–Crippen LogP) is 4.58. The van der Waals surface area contributed by atoms with Crippen LogP contribution in [0.25, 0.3) is 0 Å². The molecule has 0 bridgehead atoms. The molecular weight excluding hydrogens is 270 g/mol. The average Bonchev–Trinajstić information content (AvgIpc) is 2.93. The van der Waals surface area contributed by atoms with E-state index in [4.69, 9.17) is 0 Å². The number of benzene rings is 1. The van der Waals surface area contributed by atoms with Gasteiger partial charge in [0.15, 0.2) is 0 Å². The second-order valence-corrected chi connectivity index (χ2v) is 6.50. The van der Waals surface area contributed by atoms with Crippen LogP contribution >= 0.6 is 23.1 Å². The second kappa shape index (κ2) is 8.41. The summed E-state index contributed by atoms with van der Waals surface area (Å²) >= 11 is 3.73. The summed E-state index contributed by atoms with van der Waals surface area (Å²) in [5.41, 5.74) is 2.84. The SMILES string of the molecule is CCCNCc1cccc(SCCc2ccsc2)c1. The number of rotatable bonds is 8.